The normalized spacial score (nSPS) is 17.1. The van der Waals surface area contributed by atoms with E-state index in [-0.39, 0.29) is 22.6 Å². The molecule has 1 unspecified atom stereocenters. The van der Waals surface area contributed by atoms with Gasteiger partial charge in [-0.25, -0.2) is 4.39 Å². The van der Waals surface area contributed by atoms with Crippen LogP contribution in [0.2, 0.25) is 0 Å². The number of aliphatic hydroxyl groups excluding tert-OH is 1. The molecule has 0 bridgehead atoms. The third-order valence-corrected chi connectivity index (χ3v) is 6.34. The lowest BCUT2D eigenvalue weighted by Gasteiger charge is -2.27. The van der Waals surface area contributed by atoms with Crippen molar-refractivity contribution >= 4 is 28.8 Å². The molecule has 0 radical (unpaired) electrons. The molecule has 3 aromatic carbocycles. The number of halogens is 1. The second-order valence-corrected chi connectivity index (χ2v) is 8.41. The smallest absolute Gasteiger partial charge is 0.300 e. The first-order valence-electron chi connectivity index (χ1n) is 11.5. The minimum Gasteiger partial charge on any atom is -0.508 e. The number of amides is 1. The molecule has 0 saturated carbocycles. The van der Waals surface area contributed by atoms with Crippen LogP contribution in [0.5, 0.6) is 5.75 Å². The molecule has 0 aliphatic carbocycles. The van der Waals surface area contributed by atoms with Crippen molar-refractivity contribution in [2.45, 2.75) is 26.8 Å². The topological polar surface area (TPSA) is 81.1 Å². The van der Waals surface area contributed by atoms with Gasteiger partial charge in [0.2, 0.25) is 0 Å². The summed E-state index contributed by atoms with van der Waals surface area (Å²) in [5.74, 6) is -2.41. The monoisotopic (exact) mass is 474 g/mol. The Morgan fingerprint density at radius 3 is 2.17 bits per heavy atom. The Bertz CT molecular complexity index is 1300. The number of aliphatic hydroxyl groups is 1. The van der Waals surface area contributed by atoms with Crippen LogP contribution in [0.3, 0.4) is 0 Å². The van der Waals surface area contributed by atoms with E-state index in [9.17, 15) is 24.2 Å². The first-order valence-corrected chi connectivity index (χ1v) is 11.5. The summed E-state index contributed by atoms with van der Waals surface area (Å²) in [4.78, 5) is 30.0. The number of ketones is 1. The molecule has 1 amide bonds. The number of phenolic OH excluding ortho intramolecular Hbond substituents is 1. The maximum absolute atomic E-state index is 13.8. The van der Waals surface area contributed by atoms with Crippen LogP contribution >= 0.6 is 0 Å². The summed E-state index contributed by atoms with van der Waals surface area (Å²) in [7, 11) is 0. The van der Waals surface area contributed by atoms with E-state index in [1.54, 1.807) is 31.2 Å². The average molecular weight is 475 g/mol. The summed E-state index contributed by atoms with van der Waals surface area (Å²) < 4.78 is 13.8. The van der Waals surface area contributed by atoms with Gasteiger partial charge in [-0.15, -0.1) is 0 Å². The molecule has 1 heterocycles. The van der Waals surface area contributed by atoms with Gasteiger partial charge in [0.15, 0.2) is 0 Å². The van der Waals surface area contributed by atoms with Crippen molar-refractivity contribution in [1.29, 1.82) is 0 Å². The van der Waals surface area contributed by atoms with Crippen LogP contribution in [0.15, 0.2) is 72.3 Å². The van der Waals surface area contributed by atoms with Gasteiger partial charge < -0.3 is 15.1 Å². The number of nitrogens with zero attached hydrogens (tertiary/aromatic N) is 2. The fourth-order valence-corrected chi connectivity index (χ4v) is 4.43. The molecular weight excluding hydrogens is 447 g/mol. The lowest BCUT2D eigenvalue weighted by Crippen LogP contribution is -2.29. The van der Waals surface area contributed by atoms with E-state index < -0.39 is 23.5 Å². The zero-order chi connectivity index (χ0) is 25.3. The van der Waals surface area contributed by atoms with E-state index in [2.05, 4.69) is 18.7 Å². The molecule has 1 atom stereocenters. The first kappa shape index (κ1) is 24.0. The van der Waals surface area contributed by atoms with Crippen LogP contribution in [0, 0.1) is 12.7 Å². The molecule has 7 heteroatoms. The van der Waals surface area contributed by atoms with Crippen LogP contribution in [0.25, 0.3) is 5.76 Å². The van der Waals surface area contributed by atoms with Gasteiger partial charge in [-0.2, -0.15) is 0 Å². The van der Waals surface area contributed by atoms with E-state index in [0.29, 0.717) is 16.8 Å². The lowest BCUT2D eigenvalue weighted by molar-refractivity contribution is -0.132. The maximum atomic E-state index is 13.8. The summed E-state index contributed by atoms with van der Waals surface area (Å²) in [5, 5.41) is 20.9. The largest absolute Gasteiger partial charge is 0.508 e. The summed E-state index contributed by atoms with van der Waals surface area (Å²) >= 11 is 0. The molecule has 1 aliphatic heterocycles. The van der Waals surface area contributed by atoms with E-state index in [1.807, 2.05) is 12.1 Å². The predicted molar refractivity (Wildman–Crippen MR) is 134 cm³/mol. The van der Waals surface area contributed by atoms with Gasteiger partial charge in [-0.1, -0.05) is 12.1 Å². The molecule has 0 aromatic heterocycles. The van der Waals surface area contributed by atoms with Crippen molar-refractivity contribution in [2.75, 3.05) is 22.9 Å². The number of benzene rings is 3. The number of hydrogen-bond acceptors (Lipinski definition) is 5. The number of Topliss-reactive ketones (excluding diaryl/α,β-unsaturated/α-hetero) is 1. The molecule has 180 valence electrons. The molecule has 6 nitrogen and oxygen atoms in total. The van der Waals surface area contributed by atoms with Crippen LogP contribution in [-0.2, 0) is 9.59 Å². The van der Waals surface area contributed by atoms with Gasteiger partial charge in [-0.05, 0) is 86.5 Å². The quantitative estimate of drug-likeness (QED) is 0.287. The number of aryl methyl sites for hydroxylation is 1. The zero-order valence-corrected chi connectivity index (χ0v) is 19.8. The number of hydrogen-bond donors (Lipinski definition) is 2. The van der Waals surface area contributed by atoms with E-state index in [4.69, 9.17) is 0 Å². The lowest BCUT2D eigenvalue weighted by atomic mass is 9.94. The summed E-state index contributed by atoms with van der Waals surface area (Å²) in [6, 6.07) is 16.5. The van der Waals surface area contributed by atoms with E-state index >= 15 is 0 Å². The second kappa shape index (κ2) is 9.62. The second-order valence-electron chi connectivity index (χ2n) is 8.41. The minimum absolute atomic E-state index is 0.0310. The van der Waals surface area contributed by atoms with Gasteiger partial charge in [0.1, 0.15) is 17.3 Å². The number of aromatic hydroxyl groups is 1. The van der Waals surface area contributed by atoms with Gasteiger partial charge >= 0.3 is 0 Å². The van der Waals surface area contributed by atoms with Crippen molar-refractivity contribution < 1.29 is 24.2 Å². The SMILES string of the molecule is CCN(CC)c1ccc(N2C(=O)C(=O)/C(=C(\O)c3ccc(F)c(C)c3)C2c2ccc(O)cc2)cc1. The van der Waals surface area contributed by atoms with Crippen molar-refractivity contribution in [3.05, 3.63) is 94.8 Å². The third kappa shape index (κ3) is 4.37. The Kier molecular flexibility index (Phi) is 6.60. The van der Waals surface area contributed by atoms with Gasteiger partial charge in [-0.3, -0.25) is 14.5 Å². The molecule has 2 N–H and O–H groups in total. The number of rotatable bonds is 6. The van der Waals surface area contributed by atoms with E-state index in [0.717, 1.165) is 18.8 Å². The Balaban J connectivity index is 1.88. The van der Waals surface area contributed by atoms with E-state index in [1.165, 1.54) is 35.2 Å². The Morgan fingerprint density at radius 2 is 1.60 bits per heavy atom. The van der Waals surface area contributed by atoms with Crippen LogP contribution in [0.4, 0.5) is 15.8 Å². The minimum atomic E-state index is -0.930. The van der Waals surface area contributed by atoms with Crippen molar-refractivity contribution in [3.8, 4) is 5.75 Å². The van der Waals surface area contributed by atoms with Crippen LogP contribution < -0.4 is 9.80 Å². The highest BCUT2D eigenvalue weighted by Crippen LogP contribution is 2.42. The fourth-order valence-electron chi connectivity index (χ4n) is 4.43. The molecule has 35 heavy (non-hydrogen) atoms. The van der Waals surface area contributed by atoms with Gasteiger partial charge in [0.05, 0.1) is 11.6 Å². The maximum Gasteiger partial charge on any atom is 0.300 e. The summed E-state index contributed by atoms with van der Waals surface area (Å²) in [6.45, 7) is 7.31. The van der Waals surface area contributed by atoms with Gasteiger partial charge in [0.25, 0.3) is 11.7 Å². The molecule has 1 aliphatic rings. The highest BCUT2D eigenvalue weighted by molar-refractivity contribution is 6.51. The van der Waals surface area contributed by atoms with Crippen LogP contribution in [0.1, 0.15) is 36.6 Å². The molecule has 0 spiro atoms. The van der Waals surface area contributed by atoms with Crippen molar-refractivity contribution in [1.82, 2.24) is 0 Å². The zero-order valence-electron chi connectivity index (χ0n) is 19.8. The highest BCUT2D eigenvalue weighted by Gasteiger charge is 2.47. The molecule has 1 saturated heterocycles. The molecule has 3 aromatic rings. The predicted octanol–water partition coefficient (Wildman–Crippen LogP) is 5.31. The number of phenols is 1. The Labute approximate surface area is 203 Å². The standard InChI is InChI=1S/C28H27FN2O4/c1-4-30(5-2)20-9-11-21(12-10-20)31-25(18-6-13-22(32)14-7-18)24(27(34)28(31)35)26(33)19-8-15-23(29)17(3)16-19/h6-16,25,32-33H,4-5H2,1-3H3/b26-24-. The third-order valence-electron chi connectivity index (χ3n) is 6.34. The van der Waals surface area contributed by atoms with Crippen LogP contribution in [-0.4, -0.2) is 35.0 Å². The average Bonchev–Trinajstić information content (AvgIpc) is 3.12. The summed E-state index contributed by atoms with van der Waals surface area (Å²) in [6.07, 6.45) is 0. The Hall–Kier alpha value is -4.13. The van der Waals surface area contributed by atoms with Crippen molar-refractivity contribution in [2.24, 2.45) is 0 Å². The highest BCUT2D eigenvalue weighted by atomic mass is 19.1. The molecule has 4 rings (SSSR count). The first-order chi connectivity index (χ1) is 16.8. The summed E-state index contributed by atoms with van der Waals surface area (Å²) in [5.41, 5.74) is 2.46. The Morgan fingerprint density at radius 1 is 0.971 bits per heavy atom. The number of carbonyl (C=O) groups excluding carboxylic acids is 2. The number of carbonyl (C=O) groups is 2. The van der Waals surface area contributed by atoms with Gasteiger partial charge in [0, 0.05) is 30.0 Å². The molecule has 1 fully saturated rings. The molecular formula is C28H27FN2O4. The van der Waals surface area contributed by atoms with Crippen molar-refractivity contribution in [3.63, 3.8) is 0 Å². The fraction of sp³-hybridized carbons (Fsp3) is 0.214. The number of anilines is 2.